The van der Waals surface area contributed by atoms with Gasteiger partial charge >= 0.3 is 6.18 Å². The van der Waals surface area contributed by atoms with E-state index in [1.54, 1.807) is 6.92 Å². The smallest absolute Gasteiger partial charge is 0.377 e. The van der Waals surface area contributed by atoms with Gasteiger partial charge in [0.25, 0.3) is 0 Å². The van der Waals surface area contributed by atoms with Gasteiger partial charge in [-0.2, -0.15) is 13.2 Å². The quantitative estimate of drug-likeness (QED) is 0.869. The molecule has 0 saturated heterocycles. The number of ether oxygens (including phenoxy) is 1. The van der Waals surface area contributed by atoms with Crippen LogP contribution in [-0.4, -0.2) is 24.2 Å². The number of pyridine rings is 1. The number of halogens is 3. The average molecular weight is 290 g/mol. The molecule has 3 nitrogen and oxygen atoms in total. The lowest BCUT2D eigenvalue weighted by atomic mass is 9.86. The SMILES string of the molecule is CCNC(c1cnccc1C(F)(F)F)C(C)(CC)OC. The summed E-state index contributed by atoms with van der Waals surface area (Å²) in [5.41, 5.74) is -1.29. The minimum Gasteiger partial charge on any atom is -0.377 e. The molecular weight excluding hydrogens is 269 g/mol. The van der Waals surface area contributed by atoms with Gasteiger partial charge in [-0.15, -0.1) is 0 Å². The van der Waals surface area contributed by atoms with Crippen LogP contribution in [0.5, 0.6) is 0 Å². The van der Waals surface area contributed by atoms with Gasteiger partial charge in [0.2, 0.25) is 0 Å². The Kier molecular flexibility index (Phi) is 5.53. The third kappa shape index (κ3) is 3.49. The predicted molar refractivity (Wildman–Crippen MR) is 71.4 cm³/mol. The van der Waals surface area contributed by atoms with Gasteiger partial charge in [0, 0.05) is 25.1 Å². The van der Waals surface area contributed by atoms with Gasteiger partial charge in [0.1, 0.15) is 0 Å². The summed E-state index contributed by atoms with van der Waals surface area (Å²) < 4.78 is 44.9. The van der Waals surface area contributed by atoms with E-state index in [1.807, 2.05) is 13.8 Å². The number of alkyl halides is 3. The van der Waals surface area contributed by atoms with Crippen LogP contribution in [0, 0.1) is 0 Å². The molecule has 1 aromatic rings. The van der Waals surface area contributed by atoms with Crippen LogP contribution in [0.25, 0.3) is 0 Å². The molecule has 1 heterocycles. The van der Waals surface area contributed by atoms with Crippen molar-refractivity contribution in [2.24, 2.45) is 0 Å². The Bertz CT molecular complexity index is 431. The molecule has 0 aliphatic rings. The molecule has 0 aliphatic carbocycles. The van der Waals surface area contributed by atoms with Crippen LogP contribution in [0.15, 0.2) is 18.5 Å². The van der Waals surface area contributed by atoms with E-state index in [2.05, 4.69) is 10.3 Å². The fourth-order valence-corrected chi connectivity index (χ4v) is 2.22. The van der Waals surface area contributed by atoms with E-state index in [0.717, 1.165) is 12.3 Å². The molecule has 1 aromatic heterocycles. The van der Waals surface area contributed by atoms with Crippen molar-refractivity contribution in [1.29, 1.82) is 0 Å². The Morgan fingerprint density at radius 2 is 2.00 bits per heavy atom. The van der Waals surface area contributed by atoms with Gasteiger partial charge in [0.15, 0.2) is 0 Å². The Labute approximate surface area is 117 Å². The summed E-state index contributed by atoms with van der Waals surface area (Å²) in [7, 11) is 1.51. The first kappa shape index (κ1) is 16.9. The second-order valence-corrected chi connectivity index (χ2v) is 4.82. The molecule has 0 radical (unpaired) electrons. The monoisotopic (exact) mass is 290 g/mol. The second-order valence-electron chi connectivity index (χ2n) is 4.82. The summed E-state index contributed by atoms with van der Waals surface area (Å²) in [6.07, 6.45) is -1.41. The highest BCUT2D eigenvalue weighted by atomic mass is 19.4. The molecule has 2 atom stereocenters. The molecule has 0 amide bonds. The minimum atomic E-state index is -4.41. The van der Waals surface area contributed by atoms with Crippen molar-refractivity contribution in [3.05, 3.63) is 29.6 Å². The van der Waals surface area contributed by atoms with Crippen LogP contribution < -0.4 is 5.32 Å². The number of nitrogens with one attached hydrogen (secondary N) is 1. The number of nitrogens with zero attached hydrogens (tertiary/aromatic N) is 1. The molecule has 114 valence electrons. The summed E-state index contributed by atoms with van der Waals surface area (Å²) in [6.45, 7) is 6.07. The largest absolute Gasteiger partial charge is 0.416 e. The third-order valence-corrected chi connectivity index (χ3v) is 3.66. The highest BCUT2D eigenvalue weighted by Gasteiger charge is 2.40. The molecular formula is C14H21F3N2O. The molecule has 0 aliphatic heterocycles. The van der Waals surface area contributed by atoms with Crippen LogP contribution in [0.4, 0.5) is 13.2 Å². The van der Waals surface area contributed by atoms with Crippen LogP contribution >= 0.6 is 0 Å². The first-order chi connectivity index (χ1) is 9.30. The van der Waals surface area contributed by atoms with E-state index < -0.39 is 23.4 Å². The van der Waals surface area contributed by atoms with E-state index in [0.29, 0.717) is 13.0 Å². The molecule has 0 spiro atoms. The Morgan fingerprint density at radius 3 is 2.45 bits per heavy atom. The highest BCUT2D eigenvalue weighted by molar-refractivity contribution is 5.31. The predicted octanol–water partition coefficient (Wildman–Crippen LogP) is 3.57. The van der Waals surface area contributed by atoms with Crippen molar-refractivity contribution < 1.29 is 17.9 Å². The molecule has 0 aromatic carbocycles. The maximum absolute atomic E-state index is 13.1. The summed E-state index contributed by atoms with van der Waals surface area (Å²) >= 11 is 0. The Hall–Kier alpha value is -1.14. The van der Waals surface area contributed by atoms with Gasteiger partial charge in [-0.3, -0.25) is 4.98 Å². The Morgan fingerprint density at radius 1 is 1.35 bits per heavy atom. The van der Waals surface area contributed by atoms with E-state index >= 15 is 0 Å². The van der Waals surface area contributed by atoms with Gasteiger partial charge in [0.05, 0.1) is 17.2 Å². The number of rotatable bonds is 6. The van der Waals surface area contributed by atoms with Gasteiger partial charge in [-0.05, 0) is 26.0 Å². The molecule has 2 unspecified atom stereocenters. The summed E-state index contributed by atoms with van der Waals surface area (Å²) in [5.74, 6) is 0. The van der Waals surface area contributed by atoms with Crippen molar-refractivity contribution >= 4 is 0 Å². The highest BCUT2D eigenvalue weighted by Crippen LogP contribution is 2.39. The lowest BCUT2D eigenvalue weighted by Crippen LogP contribution is -2.43. The maximum atomic E-state index is 13.1. The molecule has 0 fully saturated rings. The lowest BCUT2D eigenvalue weighted by Gasteiger charge is -2.37. The van der Waals surface area contributed by atoms with Crippen LogP contribution in [0.1, 0.15) is 44.4 Å². The number of aromatic nitrogens is 1. The fourth-order valence-electron chi connectivity index (χ4n) is 2.22. The zero-order valence-corrected chi connectivity index (χ0v) is 12.2. The van der Waals surface area contributed by atoms with Crippen molar-refractivity contribution in [2.75, 3.05) is 13.7 Å². The minimum absolute atomic E-state index is 0.119. The van der Waals surface area contributed by atoms with Crippen molar-refractivity contribution in [1.82, 2.24) is 10.3 Å². The van der Waals surface area contributed by atoms with E-state index in [-0.39, 0.29) is 5.56 Å². The lowest BCUT2D eigenvalue weighted by molar-refractivity contribution is -0.139. The number of likely N-dealkylation sites (N-methyl/N-ethyl adjacent to an activating group) is 1. The average Bonchev–Trinajstić information content (AvgIpc) is 2.43. The first-order valence-electron chi connectivity index (χ1n) is 6.59. The zero-order valence-electron chi connectivity index (χ0n) is 12.2. The van der Waals surface area contributed by atoms with Crippen molar-refractivity contribution in [2.45, 2.75) is 45.0 Å². The molecule has 1 rings (SSSR count). The van der Waals surface area contributed by atoms with Crippen molar-refractivity contribution in [3.8, 4) is 0 Å². The second kappa shape index (κ2) is 6.54. The molecule has 1 N–H and O–H groups in total. The van der Waals surface area contributed by atoms with Gasteiger partial charge < -0.3 is 10.1 Å². The first-order valence-corrected chi connectivity index (χ1v) is 6.59. The Balaban J connectivity index is 3.36. The molecule has 0 saturated carbocycles. The van der Waals surface area contributed by atoms with Gasteiger partial charge in [-0.1, -0.05) is 13.8 Å². The van der Waals surface area contributed by atoms with Crippen LogP contribution in [0.3, 0.4) is 0 Å². The number of methoxy groups -OCH3 is 1. The summed E-state index contributed by atoms with van der Waals surface area (Å²) in [5, 5.41) is 3.09. The summed E-state index contributed by atoms with van der Waals surface area (Å²) in [4.78, 5) is 3.85. The van der Waals surface area contributed by atoms with E-state index in [9.17, 15) is 13.2 Å². The van der Waals surface area contributed by atoms with Crippen LogP contribution in [-0.2, 0) is 10.9 Å². The molecule has 0 bridgehead atoms. The maximum Gasteiger partial charge on any atom is 0.416 e. The fraction of sp³-hybridized carbons (Fsp3) is 0.643. The van der Waals surface area contributed by atoms with Crippen molar-refractivity contribution in [3.63, 3.8) is 0 Å². The normalized spacial score (nSPS) is 16.8. The van der Waals surface area contributed by atoms with E-state index in [1.165, 1.54) is 13.3 Å². The number of hydrogen-bond acceptors (Lipinski definition) is 3. The third-order valence-electron chi connectivity index (χ3n) is 3.66. The zero-order chi connectivity index (χ0) is 15.4. The topological polar surface area (TPSA) is 34.2 Å². The standard InChI is InChI=1S/C14H21F3N2O/c1-5-13(3,20-4)12(19-6-2)10-9-18-8-7-11(10)14(15,16)17/h7-9,12,19H,5-6H2,1-4H3. The van der Waals surface area contributed by atoms with E-state index in [4.69, 9.17) is 4.74 Å². The number of hydrogen-bond donors (Lipinski definition) is 1. The summed E-state index contributed by atoms with van der Waals surface area (Å²) in [6, 6.07) is 0.429. The molecule has 20 heavy (non-hydrogen) atoms. The van der Waals surface area contributed by atoms with Crippen LogP contribution in [0.2, 0.25) is 0 Å². The molecule has 6 heteroatoms. The van der Waals surface area contributed by atoms with Gasteiger partial charge in [-0.25, -0.2) is 0 Å².